The number of aromatic amines is 1. The maximum atomic E-state index is 13.0. The smallest absolute Gasteiger partial charge is 0.262 e. The van der Waals surface area contributed by atoms with Crippen LogP contribution in [0.3, 0.4) is 0 Å². The molecule has 6 nitrogen and oxygen atoms in total. The van der Waals surface area contributed by atoms with E-state index in [9.17, 15) is 9.59 Å². The fourth-order valence-electron chi connectivity index (χ4n) is 2.95. The number of aromatic nitrogens is 2. The molecule has 0 aliphatic heterocycles. The largest absolute Gasteiger partial charge is 0.339 e. The first kappa shape index (κ1) is 17.9. The number of nitrogens with zero attached hydrogens (tertiary/aromatic N) is 1. The van der Waals surface area contributed by atoms with Crippen molar-refractivity contribution in [1.82, 2.24) is 15.5 Å². The molecule has 0 aliphatic carbocycles. The molecule has 7 heteroatoms. The van der Waals surface area contributed by atoms with Gasteiger partial charge in [-0.1, -0.05) is 36.4 Å². The highest BCUT2D eigenvalue weighted by Gasteiger charge is 2.22. The molecule has 2 amide bonds. The van der Waals surface area contributed by atoms with Gasteiger partial charge in [-0.25, -0.2) is 0 Å². The summed E-state index contributed by atoms with van der Waals surface area (Å²) in [7, 11) is 0. The number of anilines is 1. The van der Waals surface area contributed by atoms with E-state index < -0.39 is 6.04 Å². The molecule has 4 rings (SSSR count). The fraction of sp³-hybridized carbons (Fsp3) is 0.0952. The van der Waals surface area contributed by atoms with Gasteiger partial charge in [-0.2, -0.15) is 5.10 Å². The maximum Gasteiger partial charge on any atom is 0.262 e. The first-order chi connectivity index (χ1) is 13.7. The van der Waals surface area contributed by atoms with Gasteiger partial charge < -0.3 is 10.6 Å². The van der Waals surface area contributed by atoms with E-state index >= 15 is 0 Å². The molecule has 0 radical (unpaired) electrons. The molecule has 28 heavy (non-hydrogen) atoms. The standard InChI is InChI=1S/C21H18N4O2S/c26-20(23-16-8-9-17-15(12-16)13-22-25-17)18(11-14-5-2-1-3-6-14)24-21(27)19-7-4-10-28-19/h1-10,12-13,18H,11H2,(H,22,25)(H,23,26)(H,24,27). The molecule has 0 fully saturated rings. The van der Waals surface area contributed by atoms with Gasteiger partial charge in [0.2, 0.25) is 5.91 Å². The van der Waals surface area contributed by atoms with E-state index in [0.29, 0.717) is 17.0 Å². The number of nitrogens with one attached hydrogen (secondary N) is 3. The molecule has 0 saturated heterocycles. The maximum absolute atomic E-state index is 13.0. The van der Waals surface area contributed by atoms with Gasteiger partial charge in [-0.05, 0) is 35.2 Å². The van der Waals surface area contributed by atoms with E-state index in [-0.39, 0.29) is 11.8 Å². The summed E-state index contributed by atoms with van der Waals surface area (Å²) in [6.07, 6.45) is 2.10. The second-order valence-electron chi connectivity index (χ2n) is 6.35. The third-order valence-electron chi connectivity index (χ3n) is 4.36. The van der Waals surface area contributed by atoms with Crippen LogP contribution in [-0.2, 0) is 11.2 Å². The third kappa shape index (κ3) is 4.10. The topological polar surface area (TPSA) is 86.9 Å². The van der Waals surface area contributed by atoms with Crippen molar-refractivity contribution >= 4 is 39.7 Å². The van der Waals surface area contributed by atoms with Crippen molar-refractivity contribution in [3.63, 3.8) is 0 Å². The molecule has 0 spiro atoms. The van der Waals surface area contributed by atoms with Crippen LogP contribution in [0, 0.1) is 0 Å². The minimum atomic E-state index is -0.697. The Hall–Kier alpha value is -3.45. The number of amides is 2. The van der Waals surface area contributed by atoms with Crippen molar-refractivity contribution in [2.45, 2.75) is 12.5 Å². The number of fused-ring (bicyclic) bond motifs is 1. The average molecular weight is 390 g/mol. The number of hydrogen-bond acceptors (Lipinski definition) is 4. The zero-order chi connectivity index (χ0) is 19.3. The lowest BCUT2D eigenvalue weighted by molar-refractivity contribution is -0.118. The second kappa shape index (κ2) is 8.06. The monoisotopic (exact) mass is 390 g/mol. The molecule has 0 saturated carbocycles. The van der Waals surface area contributed by atoms with Crippen molar-refractivity contribution < 1.29 is 9.59 Å². The van der Waals surface area contributed by atoms with E-state index in [4.69, 9.17) is 0 Å². The molecule has 4 aromatic rings. The van der Waals surface area contributed by atoms with E-state index in [1.165, 1.54) is 11.3 Å². The molecular weight excluding hydrogens is 372 g/mol. The number of thiophene rings is 1. The highest BCUT2D eigenvalue weighted by molar-refractivity contribution is 7.12. The van der Waals surface area contributed by atoms with Gasteiger partial charge in [0.1, 0.15) is 6.04 Å². The lowest BCUT2D eigenvalue weighted by atomic mass is 10.0. The SMILES string of the molecule is O=C(NC(Cc1ccccc1)C(=O)Nc1ccc2[nH]ncc2c1)c1cccs1. The quantitative estimate of drug-likeness (QED) is 0.470. The molecule has 3 N–H and O–H groups in total. The molecule has 1 unspecified atom stereocenters. The van der Waals surface area contributed by atoms with Crippen molar-refractivity contribution in [2.24, 2.45) is 0 Å². The number of carbonyl (C=O) groups excluding carboxylic acids is 2. The lowest BCUT2D eigenvalue weighted by Crippen LogP contribution is -2.45. The van der Waals surface area contributed by atoms with Crippen LogP contribution in [0.4, 0.5) is 5.69 Å². The Morgan fingerprint density at radius 3 is 2.71 bits per heavy atom. The summed E-state index contributed by atoms with van der Waals surface area (Å²) in [5.41, 5.74) is 2.52. The Morgan fingerprint density at radius 1 is 1.07 bits per heavy atom. The third-order valence-corrected chi connectivity index (χ3v) is 5.23. The normalized spacial score (nSPS) is 11.9. The van der Waals surface area contributed by atoms with Gasteiger partial charge >= 0.3 is 0 Å². The van der Waals surface area contributed by atoms with Gasteiger partial charge in [-0.3, -0.25) is 14.7 Å². The number of rotatable bonds is 6. The Kier molecular flexibility index (Phi) is 5.16. The highest BCUT2D eigenvalue weighted by atomic mass is 32.1. The first-order valence-electron chi connectivity index (χ1n) is 8.81. The minimum absolute atomic E-state index is 0.253. The van der Waals surface area contributed by atoms with E-state index in [1.54, 1.807) is 18.3 Å². The average Bonchev–Trinajstić information content (AvgIpc) is 3.40. The zero-order valence-corrected chi connectivity index (χ0v) is 15.7. The predicted octanol–water partition coefficient (Wildman–Crippen LogP) is 3.60. The summed E-state index contributed by atoms with van der Waals surface area (Å²) in [5, 5.41) is 15.4. The summed E-state index contributed by atoms with van der Waals surface area (Å²) < 4.78 is 0. The number of H-pyrrole nitrogens is 1. The predicted molar refractivity (Wildman–Crippen MR) is 110 cm³/mol. The van der Waals surface area contributed by atoms with Crippen molar-refractivity contribution in [2.75, 3.05) is 5.32 Å². The van der Waals surface area contributed by atoms with Gasteiger partial charge in [-0.15, -0.1) is 11.3 Å². The molecule has 0 bridgehead atoms. The van der Waals surface area contributed by atoms with Crippen LogP contribution < -0.4 is 10.6 Å². The zero-order valence-electron chi connectivity index (χ0n) is 14.9. The lowest BCUT2D eigenvalue weighted by Gasteiger charge is -2.18. The van der Waals surface area contributed by atoms with Crippen molar-refractivity contribution in [1.29, 1.82) is 0 Å². The second-order valence-corrected chi connectivity index (χ2v) is 7.30. The van der Waals surface area contributed by atoms with Crippen LogP contribution >= 0.6 is 11.3 Å². The summed E-state index contributed by atoms with van der Waals surface area (Å²) in [5.74, 6) is -0.520. The van der Waals surface area contributed by atoms with Gasteiger partial charge in [0.15, 0.2) is 0 Å². The number of carbonyl (C=O) groups is 2. The van der Waals surface area contributed by atoms with Crippen LogP contribution in [0.15, 0.2) is 72.2 Å². The fourth-order valence-corrected chi connectivity index (χ4v) is 3.57. The van der Waals surface area contributed by atoms with E-state index in [1.807, 2.05) is 53.9 Å². The van der Waals surface area contributed by atoms with Gasteiger partial charge in [0.05, 0.1) is 16.6 Å². The molecule has 0 aliphatic rings. The summed E-state index contributed by atoms with van der Waals surface area (Å²) in [6, 6.07) is 18.0. The molecule has 140 valence electrons. The van der Waals surface area contributed by atoms with Crippen molar-refractivity contribution in [3.05, 3.63) is 82.7 Å². The number of benzene rings is 2. The van der Waals surface area contributed by atoms with Crippen LogP contribution in [0.1, 0.15) is 15.2 Å². The number of hydrogen-bond donors (Lipinski definition) is 3. The summed E-state index contributed by atoms with van der Waals surface area (Å²) >= 11 is 1.34. The van der Waals surface area contributed by atoms with E-state index in [0.717, 1.165) is 16.5 Å². The molecule has 2 aromatic heterocycles. The molecule has 2 aromatic carbocycles. The molecule has 1 atom stereocenters. The minimum Gasteiger partial charge on any atom is -0.339 e. The van der Waals surface area contributed by atoms with Crippen LogP contribution in [-0.4, -0.2) is 28.1 Å². The first-order valence-corrected chi connectivity index (χ1v) is 9.69. The van der Waals surface area contributed by atoms with Crippen LogP contribution in [0.2, 0.25) is 0 Å². The van der Waals surface area contributed by atoms with Crippen LogP contribution in [0.5, 0.6) is 0 Å². The van der Waals surface area contributed by atoms with Gasteiger partial charge in [0.25, 0.3) is 5.91 Å². The molecular formula is C21H18N4O2S. The Balaban J connectivity index is 1.53. The summed E-state index contributed by atoms with van der Waals surface area (Å²) in [6.45, 7) is 0. The molecule has 2 heterocycles. The van der Waals surface area contributed by atoms with Crippen molar-refractivity contribution in [3.8, 4) is 0 Å². The van der Waals surface area contributed by atoms with Gasteiger partial charge in [0, 0.05) is 17.5 Å². The highest BCUT2D eigenvalue weighted by Crippen LogP contribution is 2.17. The Labute approximate surface area is 165 Å². The van der Waals surface area contributed by atoms with Crippen LogP contribution in [0.25, 0.3) is 10.9 Å². The summed E-state index contributed by atoms with van der Waals surface area (Å²) in [4.78, 5) is 26.0. The Morgan fingerprint density at radius 2 is 1.93 bits per heavy atom. The van der Waals surface area contributed by atoms with E-state index in [2.05, 4.69) is 20.8 Å². The Bertz CT molecular complexity index is 1090.